The summed E-state index contributed by atoms with van der Waals surface area (Å²) in [6, 6.07) is 19.2. The van der Waals surface area contributed by atoms with Crippen molar-refractivity contribution >= 4 is 28.4 Å². The molecular formula is C17H12ClN3O. The van der Waals surface area contributed by atoms with E-state index in [0.29, 0.717) is 12.3 Å². The summed E-state index contributed by atoms with van der Waals surface area (Å²) in [6.07, 6.45) is 0. The number of para-hydroxylation sites is 2. The molecule has 4 nitrogen and oxygen atoms in total. The third-order valence-electron chi connectivity index (χ3n) is 3.71. The summed E-state index contributed by atoms with van der Waals surface area (Å²) in [5, 5.41) is 0.210. The summed E-state index contributed by atoms with van der Waals surface area (Å²) >= 11 is 5.99. The molecule has 2 aromatic carbocycles. The van der Waals surface area contributed by atoms with Crippen LogP contribution in [0.1, 0.15) is 5.56 Å². The van der Waals surface area contributed by atoms with E-state index in [1.54, 1.807) is 4.40 Å². The highest BCUT2D eigenvalue weighted by atomic mass is 35.5. The second kappa shape index (κ2) is 5.00. The molecule has 0 unspecified atom stereocenters. The van der Waals surface area contributed by atoms with Gasteiger partial charge in [-0.05, 0) is 17.7 Å². The lowest BCUT2D eigenvalue weighted by Gasteiger charge is -2.06. The van der Waals surface area contributed by atoms with Crippen molar-refractivity contribution in [3.63, 3.8) is 0 Å². The molecule has 0 atom stereocenters. The zero-order valence-corrected chi connectivity index (χ0v) is 12.4. The van der Waals surface area contributed by atoms with Crippen molar-refractivity contribution in [3.05, 3.63) is 81.7 Å². The Labute approximate surface area is 131 Å². The van der Waals surface area contributed by atoms with Crippen molar-refractivity contribution in [2.75, 3.05) is 0 Å². The van der Waals surface area contributed by atoms with Gasteiger partial charge in [0.05, 0.1) is 17.6 Å². The fourth-order valence-corrected chi connectivity index (χ4v) is 2.93. The predicted molar refractivity (Wildman–Crippen MR) is 87.5 cm³/mol. The quantitative estimate of drug-likeness (QED) is 0.533. The van der Waals surface area contributed by atoms with Crippen molar-refractivity contribution < 1.29 is 0 Å². The first-order valence-corrected chi connectivity index (χ1v) is 7.32. The number of nitrogens with zero attached hydrogens (tertiary/aromatic N) is 3. The van der Waals surface area contributed by atoms with Crippen LogP contribution in [0.4, 0.5) is 0 Å². The molecule has 0 N–H and O–H groups in total. The van der Waals surface area contributed by atoms with Crippen LogP contribution in [0.3, 0.4) is 0 Å². The third-order valence-corrected chi connectivity index (χ3v) is 3.90. The number of fused-ring (bicyclic) bond motifs is 3. The van der Waals surface area contributed by atoms with E-state index in [2.05, 4.69) is 4.98 Å². The monoisotopic (exact) mass is 309 g/mol. The fraction of sp³-hybridized carbons (Fsp3) is 0.0588. The average Bonchev–Trinajstić information content (AvgIpc) is 2.83. The number of halogens is 1. The van der Waals surface area contributed by atoms with Gasteiger partial charge >= 0.3 is 0 Å². The highest BCUT2D eigenvalue weighted by Gasteiger charge is 2.13. The molecule has 0 aliphatic rings. The summed E-state index contributed by atoms with van der Waals surface area (Å²) in [5.41, 5.74) is 2.76. The Morgan fingerprint density at radius 1 is 0.955 bits per heavy atom. The molecule has 0 spiro atoms. The maximum Gasteiger partial charge on any atom is 0.261 e. The summed E-state index contributed by atoms with van der Waals surface area (Å²) in [6.45, 7) is 0.630. The van der Waals surface area contributed by atoms with Crippen molar-refractivity contribution in [1.82, 2.24) is 14.0 Å². The van der Waals surface area contributed by atoms with E-state index >= 15 is 0 Å². The van der Waals surface area contributed by atoms with Crippen molar-refractivity contribution in [1.29, 1.82) is 0 Å². The summed E-state index contributed by atoms with van der Waals surface area (Å²) < 4.78 is 3.61. The van der Waals surface area contributed by atoms with Crippen LogP contribution in [0.15, 0.2) is 65.5 Å². The Morgan fingerprint density at radius 3 is 2.41 bits per heavy atom. The Balaban J connectivity index is 2.08. The first-order valence-electron chi connectivity index (χ1n) is 6.94. The topological polar surface area (TPSA) is 39.3 Å². The lowest BCUT2D eigenvalue weighted by atomic mass is 10.2. The molecule has 0 aliphatic heterocycles. The number of aromatic nitrogens is 3. The van der Waals surface area contributed by atoms with Crippen molar-refractivity contribution in [2.24, 2.45) is 0 Å². The maximum atomic E-state index is 12.3. The zero-order chi connectivity index (χ0) is 15.1. The Kier molecular flexibility index (Phi) is 2.98. The summed E-state index contributed by atoms with van der Waals surface area (Å²) in [4.78, 5) is 16.7. The van der Waals surface area contributed by atoms with Crippen molar-refractivity contribution in [2.45, 2.75) is 6.54 Å². The molecule has 0 radical (unpaired) electrons. The predicted octanol–water partition coefficient (Wildman–Crippen LogP) is 3.35. The number of benzene rings is 2. The normalized spacial score (nSPS) is 11.3. The Morgan fingerprint density at radius 2 is 1.64 bits per heavy atom. The van der Waals surface area contributed by atoms with Crippen LogP contribution in [0.5, 0.6) is 0 Å². The van der Waals surface area contributed by atoms with E-state index in [1.807, 2.05) is 59.2 Å². The molecule has 5 heteroatoms. The molecule has 4 rings (SSSR count). The second-order valence-electron chi connectivity index (χ2n) is 5.11. The third kappa shape index (κ3) is 2.00. The number of rotatable bonds is 2. The van der Waals surface area contributed by atoms with Gasteiger partial charge in [-0.2, -0.15) is 0 Å². The largest absolute Gasteiger partial charge is 0.305 e. The lowest BCUT2D eigenvalue weighted by molar-refractivity contribution is 0.833. The van der Waals surface area contributed by atoms with E-state index in [-0.39, 0.29) is 10.7 Å². The molecule has 0 aliphatic carbocycles. The van der Waals surface area contributed by atoms with E-state index in [9.17, 15) is 4.79 Å². The van der Waals surface area contributed by atoms with Crippen LogP contribution < -0.4 is 5.56 Å². The van der Waals surface area contributed by atoms with Gasteiger partial charge in [0.25, 0.3) is 5.56 Å². The maximum absolute atomic E-state index is 12.3. The highest BCUT2D eigenvalue weighted by molar-refractivity contribution is 6.29. The minimum Gasteiger partial charge on any atom is -0.305 e. The molecule has 0 bridgehead atoms. The van der Waals surface area contributed by atoms with Gasteiger partial charge in [0.1, 0.15) is 5.15 Å². The molecule has 2 heterocycles. The Bertz CT molecular complexity index is 1030. The molecular weight excluding hydrogens is 298 g/mol. The van der Waals surface area contributed by atoms with Gasteiger partial charge in [-0.3, -0.25) is 4.79 Å². The van der Waals surface area contributed by atoms with Crippen LogP contribution in [-0.2, 0) is 6.54 Å². The molecule has 4 aromatic rings. The van der Waals surface area contributed by atoms with Gasteiger partial charge in [-0.1, -0.05) is 54.1 Å². The van der Waals surface area contributed by atoms with Crippen LogP contribution in [0, 0.1) is 0 Å². The van der Waals surface area contributed by atoms with Gasteiger partial charge in [0.15, 0.2) is 0 Å². The van der Waals surface area contributed by atoms with Crippen LogP contribution >= 0.6 is 11.6 Å². The number of hydrogen-bond acceptors (Lipinski definition) is 2. The van der Waals surface area contributed by atoms with Gasteiger partial charge in [0, 0.05) is 6.07 Å². The summed E-state index contributed by atoms with van der Waals surface area (Å²) in [7, 11) is 0. The molecule has 2 aromatic heterocycles. The lowest BCUT2D eigenvalue weighted by Crippen LogP contribution is -2.13. The minimum atomic E-state index is -0.169. The Hall–Kier alpha value is -2.59. The second-order valence-corrected chi connectivity index (χ2v) is 5.50. The van der Waals surface area contributed by atoms with Gasteiger partial charge in [-0.15, -0.1) is 0 Å². The van der Waals surface area contributed by atoms with Crippen LogP contribution in [0.25, 0.3) is 16.8 Å². The van der Waals surface area contributed by atoms with Crippen LogP contribution in [-0.4, -0.2) is 14.0 Å². The van der Waals surface area contributed by atoms with Crippen molar-refractivity contribution in [3.8, 4) is 0 Å². The first kappa shape index (κ1) is 13.1. The fourth-order valence-electron chi connectivity index (χ4n) is 2.76. The van der Waals surface area contributed by atoms with Gasteiger partial charge < -0.3 is 4.57 Å². The average molecular weight is 310 g/mol. The minimum absolute atomic E-state index is 0.169. The molecule has 22 heavy (non-hydrogen) atoms. The molecule has 108 valence electrons. The van der Waals surface area contributed by atoms with Crippen LogP contribution in [0.2, 0.25) is 5.15 Å². The van der Waals surface area contributed by atoms with E-state index in [4.69, 9.17) is 11.6 Å². The smallest absolute Gasteiger partial charge is 0.261 e. The van der Waals surface area contributed by atoms with Gasteiger partial charge in [-0.25, -0.2) is 9.38 Å². The van der Waals surface area contributed by atoms with E-state index in [0.717, 1.165) is 16.6 Å². The molecule has 0 amide bonds. The van der Waals surface area contributed by atoms with E-state index in [1.165, 1.54) is 6.07 Å². The highest BCUT2D eigenvalue weighted by Crippen LogP contribution is 2.20. The standard InChI is InChI=1S/C17H12ClN3O/c18-15-10-16(22)21-14-9-5-4-8-13(14)20(17(21)19-15)11-12-6-2-1-3-7-12/h1-10H,11H2. The molecule has 0 saturated heterocycles. The first-order chi connectivity index (χ1) is 10.7. The van der Waals surface area contributed by atoms with E-state index < -0.39 is 0 Å². The zero-order valence-electron chi connectivity index (χ0n) is 11.6. The number of hydrogen-bond donors (Lipinski definition) is 0. The molecule has 0 fully saturated rings. The summed E-state index contributed by atoms with van der Waals surface area (Å²) in [5.74, 6) is 0.558. The molecule has 0 saturated carbocycles. The van der Waals surface area contributed by atoms with Gasteiger partial charge in [0.2, 0.25) is 5.78 Å². The number of imidazole rings is 1. The SMILES string of the molecule is O=c1cc(Cl)nc2n(Cc3ccccc3)c3ccccc3n12.